The van der Waals surface area contributed by atoms with Crippen LogP contribution in [0.15, 0.2) is 30.3 Å². The number of carbonyl (C=O) groups excluding carboxylic acids is 1. The van der Waals surface area contributed by atoms with Gasteiger partial charge in [-0.05, 0) is 48.2 Å². The summed E-state index contributed by atoms with van der Waals surface area (Å²) in [5, 5.41) is 4.89. The number of carbonyl (C=O) groups is 1. The summed E-state index contributed by atoms with van der Waals surface area (Å²) in [4.78, 5) is 15.8. The molecular weight excluding hydrogens is 441 g/mol. The van der Waals surface area contributed by atoms with Crippen molar-refractivity contribution in [2.24, 2.45) is 0 Å². The molecule has 0 unspecified atom stereocenters. The first kappa shape index (κ1) is 28.1. The minimum atomic E-state index is -4.55. The molecule has 2 rings (SSSR count). The molecule has 0 saturated heterocycles. The SMILES string of the molecule is CC.CCCCCc1nc(C(F)(F)F)ccc1/C=C/C(=O)NCc1cc(F)c(NC)c(F)c1. The lowest BCUT2D eigenvalue weighted by atomic mass is 10.1. The lowest BCUT2D eigenvalue weighted by Gasteiger charge is -2.11. The summed E-state index contributed by atoms with van der Waals surface area (Å²) in [5.74, 6) is -2.12. The predicted octanol–water partition coefficient (Wildman–Crippen LogP) is 6.51. The molecule has 1 aromatic carbocycles. The Morgan fingerprint density at radius 2 is 1.73 bits per heavy atom. The highest BCUT2D eigenvalue weighted by Crippen LogP contribution is 2.29. The summed E-state index contributed by atoms with van der Waals surface area (Å²) in [6, 6.07) is 4.35. The molecule has 0 aliphatic rings. The van der Waals surface area contributed by atoms with E-state index < -0.39 is 29.4 Å². The molecule has 2 aromatic rings. The van der Waals surface area contributed by atoms with Gasteiger partial charge in [0.1, 0.15) is 23.0 Å². The maximum atomic E-state index is 13.8. The largest absolute Gasteiger partial charge is 0.433 e. The van der Waals surface area contributed by atoms with E-state index in [1.54, 1.807) is 0 Å². The number of nitrogens with one attached hydrogen (secondary N) is 2. The molecule has 2 N–H and O–H groups in total. The van der Waals surface area contributed by atoms with Crippen molar-refractivity contribution < 1.29 is 26.7 Å². The van der Waals surface area contributed by atoms with E-state index in [2.05, 4.69) is 15.6 Å². The van der Waals surface area contributed by atoms with Crippen molar-refractivity contribution >= 4 is 17.7 Å². The van der Waals surface area contributed by atoms with Crippen LogP contribution in [-0.2, 0) is 23.9 Å². The van der Waals surface area contributed by atoms with E-state index in [0.29, 0.717) is 18.4 Å². The number of amides is 1. The fraction of sp³-hybridized carbons (Fsp3) is 0.417. The van der Waals surface area contributed by atoms with Crippen LogP contribution in [0.2, 0.25) is 0 Å². The monoisotopic (exact) mass is 471 g/mol. The van der Waals surface area contributed by atoms with Crippen LogP contribution in [0.4, 0.5) is 27.6 Å². The lowest BCUT2D eigenvalue weighted by Crippen LogP contribution is -2.20. The van der Waals surface area contributed by atoms with Crippen LogP contribution in [-0.4, -0.2) is 17.9 Å². The van der Waals surface area contributed by atoms with Gasteiger partial charge in [0.2, 0.25) is 5.91 Å². The molecule has 0 fully saturated rings. The highest BCUT2D eigenvalue weighted by Gasteiger charge is 2.32. The number of hydrogen-bond donors (Lipinski definition) is 2. The second kappa shape index (κ2) is 13.5. The normalized spacial score (nSPS) is 11.2. The summed E-state index contributed by atoms with van der Waals surface area (Å²) < 4.78 is 66.5. The average Bonchev–Trinajstić information content (AvgIpc) is 2.77. The molecular formula is C24H30F5N3O. The predicted molar refractivity (Wildman–Crippen MR) is 121 cm³/mol. The molecule has 1 heterocycles. The number of benzene rings is 1. The standard InChI is InChI=1S/C22H24F5N3O.C2H6/c1-3-4-5-6-18-15(7-9-19(30-18)22(25,26)27)8-10-20(31)29-13-14-11-16(23)21(28-2)17(24)12-14;1-2/h7-12,28H,3-6,13H2,1-2H3,(H,29,31);1-2H3/b10-8+;. The van der Waals surface area contributed by atoms with Gasteiger partial charge in [0.25, 0.3) is 0 Å². The van der Waals surface area contributed by atoms with E-state index in [4.69, 9.17) is 0 Å². The van der Waals surface area contributed by atoms with Crippen molar-refractivity contribution in [2.45, 2.75) is 59.2 Å². The number of halogens is 5. The van der Waals surface area contributed by atoms with Crippen molar-refractivity contribution in [3.05, 3.63) is 64.5 Å². The Kier molecular flexibility index (Phi) is 11.5. The Hall–Kier alpha value is -2.97. The Morgan fingerprint density at radius 1 is 1.09 bits per heavy atom. The summed E-state index contributed by atoms with van der Waals surface area (Å²) in [6.45, 7) is 5.87. The highest BCUT2D eigenvalue weighted by molar-refractivity contribution is 5.91. The molecule has 0 atom stereocenters. The van der Waals surface area contributed by atoms with Gasteiger partial charge in [-0.15, -0.1) is 0 Å². The van der Waals surface area contributed by atoms with Gasteiger partial charge in [0.05, 0.1) is 0 Å². The number of alkyl halides is 3. The van der Waals surface area contributed by atoms with Crippen molar-refractivity contribution in [3.63, 3.8) is 0 Å². The van der Waals surface area contributed by atoms with E-state index in [1.807, 2.05) is 20.8 Å². The van der Waals surface area contributed by atoms with Gasteiger partial charge in [-0.25, -0.2) is 13.8 Å². The zero-order chi connectivity index (χ0) is 25.0. The van der Waals surface area contributed by atoms with E-state index >= 15 is 0 Å². The van der Waals surface area contributed by atoms with Gasteiger partial charge >= 0.3 is 6.18 Å². The van der Waals surface area contributed by atoms with Gasteiger partial charge in [0.15, 0.2) is 0 Å². The molecule has 4 nitrogen and oxygen atoms in total. The molecule has 0 bridgehead atoms. The molecule has 33 heavy (non-hydrogen) atoms. The van der Waals surface area contributed by atoms with Gasteiger partial charge in [-0.2, -0.15) is 13.2 Å². The van der Waals surface area contributed by atoms with Crippen molar-refractivity contribution in [3.8, 4) is 0 Å². The van der Waals surface area contributed by atoms with Gasteiger partial charge in [-0.3, -0.25) is 4.79 Å². The maximum absolute atomic E-state index is 13.8. The average molecular weight is 472 g/mol. The number of aryl methyl sites for hydroxylation is 1. The zero-order valence-electron chi connectivity index (χ0n) is 19.2. The summed E-state index contributed by atoms with van der Waals surface area (Å²) in [6.07, 6.45) is 0.779. The van der Waals surface area contributed by atoms with Crippen LogP contribution in [0.5, 0.6) is 0 Å². The quantitative estimate of drug-likeness (QED) is 0.249. The summed E-state index contributed by atoms with van der Waals surface area (Å²) in [7, 11) is 1.39. The van der Waals surface area contributed by atoms with E-state index in [-0.39, 0.29) is 23.5 Å². The highest BCUT2D eigenvalue weighted by atomic mass is 19.4. The lowest BCUT2D eigenvalue weighted by molar-refractivity contribution is -0.141. The van der Waals surface area contributed by atoms with Crippen molar-refractivity contribution in [1.29, 1.82) is 0 Å². The minimum Gasteiger partial charge on any atom is -0.383 e. The Bertz CT molecular complexity index is 919. The van der Waals surface area contributed by atoms with Crippen LogP contribution >= 0.6 is 0 Å². The number of hydrogen-bond acceptors (Lipinski definition) is 3. The van der Waals surface area contributed by atoms with Gasteiger partial charge in [-0.1, -0.05) is 39.7 Å². The molecule has 182 valence electrons. The molecule has 0 radical (unpaired) electrons. The molecule has 9 heteroatoms. The third-order valence-electron chi connectivity index (χ3n) is 4.55. The first-order chi connectivity index (χ1) is 15.7. The second-order valence-electron chi connectivity index (χ2n) is 6.92. The number of aromatic nitrogens is 1. The second-order valence-corrected chi connectivity index (χ2v) is 6.92. The molecule has 0 spiro atoms. The first-order valence-corrected chi connectivity index (χ1v) is 10.8. The number of anilines is 1. The molecule has 1 amide bonds. The molecule has 0 aliphatic heterocycles. The van der Waals surface area contributed by atoms with E-state index in [0.717, 1.165) is 37.1 Å². The van der Waals surface area contributed by atoms with E-state index in [1.165, 1.54) is 19.2 Å². The molecule has 1 aromatic heterocycles. The zero-order valence-corrected chi connectivity index (χ0v) is 19.2. The van der Waals surface area contributed by atoms with Crippen molar-refractivity contribution in [2.75, 3.05) is 12.4 Å². The fourth-order valence-electron chi connectivity index (χ4n) is 2.94. The number of unbranched alkanes of at least 4 members (excludes halogenated alkanes) is 2. The van der Waals surface area contributed by atoms with Crippen molar-refractivity contribution in [1.82, 2.24) is 10.3 Å². The fourth-order valence-corrected chi connectivity index (χ4v) is 2.94. The van der Waals surface area contributed by atoms with Crippen LogP contribution in [0.1, 0.15) is 62.5 Å². The Labute approximate surface area is 191 Å². The smallest absolute Gasteiger partial charge is 0.383 e. The van der Waals surface area contributed by atoms with Gasteiger partial charge < -0.3 is 10.6 Å². The van der Waals surface area contributed by atoms with E-state index in [9.17, 15) is 26.7 Å². The number of rotatable bonds is 9. The van der Waals surface area contributed by atoms with Gasteiger partial charge in [0, 0.05) is 25.4 Å². The minimum absolute atomic E-state index is 0.115. The topological polar surface area (TPSA) is 54.0 Å². The number of pyridine rings is 1. The molecule has 0 saturated carbocycles. The third-order valence-corrected chi connectivity index (χ3v) is 4.55. The van der Waals surface area contributed by atoms with Crippen LogP contribution in [0.3, 0.4) is 0 Å². The maximum Gasteiger partial charge on any atom is 0.433 e. The first-order valence-electron chi connectivity index (χ1n) is 10.8. The Morgan fingerprint density at radius 3 is 2.27 bits per heavy atom. The molecule has 0 aliphatic carbocycles. The Balaban J connectivity index is 0.00000265. The van der Waals surface area contributed by atoms with Crippen LogP contribution in [0.25, 0.3) is 6.08 Å². The summed E-state index contributed by atoms with van der Waals surface area (Å²) in [5.41, 5.74) is -0.337. The number of nitrogens with zero attached hydrogens (tertiary/aromatic N) is 1. The van der Waals surface area contributed by atoms with Crippen LogP contribution in [0, 0.1) is 11.6 Å². The van der Waals surface area contributed by atoms with Crippen LogP contribution < -0.4 is 10.6 Å². The third kappa shape index (κ3) is 8.82. The summed E-state index contributed by atoms with van der Waals surface area (Å²) >= 11 is 0.